The Bertz CT molecular complexity index is 529. The topological polar surface area (TPSA) is 49.6 Å². The fraction of sp³-hybridized carbons (Fsp3) is 0.611. The number of anilines is 1. The number of nitrogens with two attached hydrogens (primary N) is 1. The number of benzene rings is 1. The van der Waals surface area contributed by atoms with Gasteiger partial charge >= 0.3 is 0 Å². The molecule has 120 valence electrons. The second-order valence-electron chi connectivity index (χ2n) is 6.77. The van der Waals surface area contributed by atoms with Gasteiger partial charge in [-0.1, -0.05) is 18.2 Å². The Morgan fingerprint density at radius 2 is 2.18 bits per heavy atom. The molecule has 1 amide bonds. The maximum Gasteiger partial charge on any atom is 0.241 e. The first-order valence-electron chi connectivity index (χ1n) is 8.51. The molecule has 0 saturated carbocycles. The van der Waals surface area contributed by atoms with Gasteiger partial charge in [0.15, 0.2) is 0 Å². The number of carbonyl (C=O) groups excluding carboxylic acids is 1. The van der Waals surface area contributed by atoms with E-state index in [4.69, 9.17) is 5.73 Å². The lowest BCUT2D eigenvalue weighted by Crippen LogP contribution is -2.46. The molecule has 1 saturated heterocycles. The summed E-state index contributed by atoms with van der Waals surface area (Å²) in [5.74, 6) is 0.903. The summed E-state index contributed by atoms with van der Waals surface area (Å²) in [5.41, 5.74) is 8.08. The number of para-hydroxylation sites is 1. The number of piperidine rings is 1. The summed E-state index contributed by atoms with van der Waals surface area (Å²) in [7, 11) is 0. The second kappa shape index (κ2) is 6.80. The average Bonchev–Trinajstić information content (AvgIpc) is 2.83. The van der Waals surface area contributed by atoms with Crippen molar-refractivity contribution in [3.8, 4) is 0 Å². The number of rotatable bonds is 4. The van der Waals surface area contributed by atoms with E-state index >= 15 is 0 Å². The van der Waals surface area contributed by atoms with Crippen LogP contribution in [0.25, 0.3) is 0 Å². The van der Waals surface area contributed by atoms with Gasteiger partial charge in [-0.25, -0.2) is 0 Å². The zero-order valence-electron chi connectivity index (χ0n) is 13.5. The van der Waals surface area contributed by atoms with Crippen molar-refractivity contribution >= 4 is 11.6 Å². The zero-order valence-corrected chi connectivity index (χ0v) is 13.5. The standard InChI is InChI=1S/C18H27N3O/c1-14-11-16-6-2-3-7-17(16)21(14)18(22)13-20-10-4-5-15(12-20)8-9-19/h2-3,6-7,14-15H,4-5,8-13,19H2,1H3. The first-order chi connectivity index (χ1) is 10.7. The molecule has 4 heteroatoms. The van der Waals surface area contributed by atoms with E-state index in [2.05, 4.69) is 30.0 Å². The molecule has 1 fully saturated rings. The van der Waals surface area contributed by atoms with Crippen molar-refractivity contribution in [1.29, 1.82) is 0 Å². The smallest absolute Gasteiger partial charge is 0.241 e. The molecular formula is C18H27N3O. The first-order valence-corrected chi connectivity index (χ1v) is 8.51. The highest BCUT2D eigenvalue weighted by atomic mass is 16.2. The van der Waals surface area contributed by atoms with Crippen molar-refractivity contribution in [2.45, 2.75) is 38.6 Å². The van der Waals surface area contributed by atoms with Crippen molar-refractivity contribution in [2.24, 2.45) is 11.7 Å². The molecule has 0 aromatic heterocycles. The maximum atomic E-state index is 12.8. The van der Waals surface area contributed by atoms with Crippen LogP contribution in [0.1, 0.15) is 31.7 Å². The molecule has 2 aliphatic heterocycles. The molecule has 2 heterocycles. The fourth-order valence-electron chi connectivity index (χ4n) is 3.98. The molecule has 3 rings (SSSR count). The fourth-order valence-corrected chi connectivity index (χ4v) is 3.98. The van der Waals surface area contributed by atoms with Gasteiger partial charge in [-0.15, -0.1) is 0 Å². The van der Waals surface area contributed by atoms with E-state index in [9.17, 15) is 4.79 Å². The van der Waals surface area contributed by atoms with Crippen LogP contribution in [0.3, 0.4) is 0 Å². The number of amides is 1. The Kier molecular flexibility index (Phi) is 4.79. The maximum absolute atomic E-state index is 12.8. The normalized spacial score (nSPS) is 25.3. The molecule has 2 aliphatic rings. The monoisotopic (exact) mass is 301 g/mol. The third-order valence-electron chi connectivity index (χ3n) is 5.01. The van der Waals surface area contributed by atoms with Crippen molar-refractivity contribution in [3.63, 3.8) is 0 Å². The lowest BCUT2D eigenvalue weighted by atomic mass is 9.95. The number of carbonyl (C=O) groups is 1. The van der Waals surface area contributed by atoms with Crippen LogP contribution in [0.5, 0.6) is 0 Å². The minimum atomic E-state index is 0.242. The number of fused-ring (bicyclic) bond motifs is 1. The molecular weight excluding hydrogens is 274 g/mol. The highest BCUT2D eigenvalue weighted by molar-refractivity contribution is 5.97. The lowest BCUT2D eigenvalue weighted by Gasteiger charge is -2.34. The molecule has 0 aliphatic carbocycles. The molecule has 2 unspecified atom stereocenters. The molecule has 2 N–H and O–H groups in total. The second-order valence-corrected chi connectivity index (χ2v) is 6.77. The van der Waals surface area contributed by atoms with E-state index in [1.165, 1.54) is 18.4 Å². The summed E-state index contributed by atoms with van der Waals surface area (Å²) >= 11 is 0. The largest absolute Gasteiger partial charge is 0.330 e. The van der Waals surface area contributed by atoms with Gasteiger partial charge in [-0.3, -0.25) is 9.69 Å². The summed E-state index contributed by atoms with van der Waals surface area (Å²) in [6.07, 6.45) is 4.49. The van der Waals surface area contributed by atoms with Crippen LogP contribution in [-0.2, 0) is 11.2 Å². The van der Waals surface area contributed by atoms with Gasteiger partial charge in [0.2, 0.25) is 5.91 Å². The summed E-state index contributed by atoms with van der Waals surface area (Å²) < 4.78 is 0. The highest BCUT2D eigenvalue weighted by Gasteiger charge is 2.32. The van der Waals surface area contributed by atoms with Gasteiger partial charge < -0.3 is 10.6 Å². The molecule has 0 spiro atoms. The van der Waals surface area contributed by atoms with E-state index in [0.717, 1.165) is 38.2 Å². The zero-order chi connectivity index (χ0) is 15.5. The number of likely N-dealkylation sites (tertiary alicyclic amines) is 1. The lowest BCUT2D eigenvalue weighted by molar-refractivity contribution is -0.120. The molecule has 22 heavy (non-hydrogen) atoms. The van der Waals surface area contributed by atoms with E-state index in [0.29, 0.717) is 12.5 Å². The van der Waals surface area contributed by atoms with Gasteiger partial charge in [0.1, 0.15) is 0 Å². The number of nitrogens with zero attached hydrogens (tertiary/aromatic N) is 2. The Hall–Kier alpha value is -1.39. The Morgan fingerprint density at radius 3 is 3.00 bits per heavy atom. The molecule has 2 atom stereocenters. The highest BCUT2D eigenvalue weighted by Crippen LogP contribution is 2.32. The van der Waals surface area contributed by atoms with Crippen LogP contribution in [0.2, 0.25) is 0 Å². The van der Waals surface area contributed by atoms with Crippen molar-refractivity contribution in [2.75, 3.05) is 31.1 Å². The minimum Gasteiger partial charge on any atom is -0.330 e. The van der Waals surface area contributed by atoms with E-state index in [-0.39, 0.29) is 11.9 Å². The quantitative estimate of drug-likeness (QED) is 0.925. The van der Waals surface area contributed by atoms with Gasteiger partial charge in [-0.2, -0.15) is 0 Å². The summed E-state index contributed by atoms with van der Waals surface area (Å²) in [4.78, 5) is 17.1. The van der Waals surface area contributed by atoms with Crippen molar-refractivity contribution in [1.82, 2.24) is 4.90 Å². The van der Waals surface area contributed by atoms with Crippen molar-refractivity contribution < 1.29 is 4.79 Å². The summed E-state index contributed by atoms with van der Waals surface area (Å²) in [5, 5.41) is 0. The first kappa shape index (κ1) is 15.5. The molecule has 0 bridgehead atoms. The number of hydrogen-bond acceptors (Lipinski definition) is 3. The molecule has 0 radical (unpaired) electrons. The van der Waals surface area contributed by atoms with Crippen LogP contribution in [-0.4, -0.2) is 43.0 Å². The number of hydrogen-bond donors (Lipinski definition) is 1. The average molecular weight is 301 g/mol. The molecule has 1 aromatic carbocycles. The van der Waals surface area contributed by atoms with E-state index in [1.807, 2.05) is 11.0 Å². The predicted molar refractivity (Wildman–Crippen MR) is 89.9 cm³/mol. The third kappa shape index (κ3) is 3.18. The predicted octanol–water partition coefficient (Wildman–Crippen LogP) is 2.03. The van der Waals surface area contributed by atoms with E-state index in [1.54, 1.807) is 0 Å². The third-order valence-corrected chi connectivity index (χ3v) is 5.01. The molecule has 1 aromatic rings. The minimum absolute atomic E-state index is 0.242. The molecule has 4 nitrogen and oxygen atoms in total. The summed E-state index contributed by atoms with van der Waals surface area (Å²) in [6, 6.07) is 8.56. The SMILES string of the molecule is CC1Cc2ccccc2N1C(=O)CN1CCCC(CCN)C1. The Balaban J connectivity index is 1.65. The van der Waals surface area contributed by atoms with Gasteiger partial charge in [0.05, 0.1) is 6.54 Å². The van der Waals surface area contributed by atoms with Crippen LogP contribution < -0.4 is 10.6 Å². The van der Waals surface area contributed by atoms with E-state index < -0.39 is 0 Å². The van der Waals surface area contributed by atoms with Crippen LogP contribution >= 0.6 is 0 Å². The van der Waals surface area contributed by atoms with Crippen molar-refractivity contribution in [3.05, 3.63) is 29.8 Å². The van der Waals surface area contributed by atoms with Crippen LogP contribution in [0, 0.1) is 5.92 Å². The summed E-state index contributed by atoms with van der Waals surface area (Å²) in [6.45, 7) is 5.50. The van der Waals surface area contributed by atoms with Gasteiger partial charge in [-0.05, 0) is 63.2 Å². The Labute approximate surface area is 133 Å². The van der Waals surface area contributed by atoms with Gasteiger partial charge in [0.25, 0.3) is 0 Å². The van der Waals surface area contributed by atoms with Crippen LogP contribution in [0.15, 0.2) is 24.3 Å². The Morgan fingerprint density at radius 1 is 1.36 bits per heavy atom. The van der Waals surface area contributed by atoms with Crippen LogP contribution in [0.4, 0.5) is 5.69 Å². The van der Waals surface area contributed by atoms with Gasteiger partial charge in [0, 0.05) is 18.3 Å².